The van der Waals surface area contributed by atoms with E-state index < -0.39 is 28.5 Å². The van der Waals surface area contributed by atoms with Crippen LogP contribution in [0.15, 0.2) is 53.4 Å². The fourth-order valence-corrected chi connectivity index (χ4v) is 4.38. The highest BCUT2D eigenvalue weighted by atomic mass is 35.5. The molecule has 0 aliphatic heterocycles. The minimum atomic E-state index is -3.92. The van der Waals surface area contributed by atoms with Gasteiger partial charge in [0, 0.05) is 20.0 Å². The summed E-state index contributed by atoms with van der Waals surface area (Å²) in [6.07, 6.45) is -0.0896. The Labute approximate surface area is 191 Å². The summed E-state index contributed by atoms with van der Waals surface area (Å²) in [6.45, 7) is 2.74. The molecule has 0 saturated carbocycles. The molecule has 11 heteroatoms. The van der Waals surface area contributed by atoms with E-state index in [4.69, 9.17) is 16.3 Å². The number of carbonyl (C=O) groups excluding carboxylic acids is 3. The van der Waals surface area contributed by atoms with E-state index in [-0.39, 0.29) is 41.0 Å². The van der Waals surface area contributed by atoms with E-state index in [1.807, 2.05) is 0 Å². The lowest BCUT2D eigenvalue weighted by Gasteiger charge is -2.23. The van der Waals surface area contributed by atoms with Gasteiger partial charge in [-0.3, -0.25) is 18.7 Å². The Morgan fingerprint density at radius 1 is 1.09 bits per heavy atom. The third-order valence-corrected chi connectivity index (χ3v) is 6.43. The maximum absolute atomic E-state index is 13.1. The summed E-state index contributed by atoms with van der Waals surface area (Å²) in [6, 6.07) is 12.6. The lowest BCUT2D eigenvalue weighted by Crippen LogP contribution is -2.31. The molecule has 9 nitrogen and oxygen atoms in total. The standard InChI is InChI=1S/C21H24ClN3O6S/c1-3-25(16-7-5-4-6-8-16)32(29,30)17-9-10-18(22)19(13-17)24-20(27)14-31-21(28)11-12-23-15(2)26/h4-10,13H,3,11-12,14H2,1-2H3,(H,23,26)(H,24,27). The Morgan fingerprint density at radius 2 is 1.78 bits per heavy atom. The first-order valence-electron chi connectivity index (χ1n) is 9.72. The second-order valence-electron chi connectivity index (χ2n) is 6.59. The Kier molecular flexibility index (Phi) is 9.03. The number of para-hydroxylation sites is 1. The highest BCUT2D eigenvalue weighted by Gasteiger charge is 2.24. The number of amides is 2. The molecule has 0 aliphatic carbocycles. The molecule has 0 radical (unpaired) electrons. The topological polar surface area (TPSA) is 122 Å². The molecule has 0 aliphatic rings. The first-order chi connectivity index (χ1) is 15.1. The minimum Gasteiger partial charge on any atom is -0.456 e. The van der Waals surface area contributed by atoms with Crippen molar-refractivity contribution in [3.05, 3.63) is 53.6 Å². The zero-order valence-corrected chi connectivity index (χ0v) is 19.2. The first kappa shape index (κ1) is 25.2. The third-order valence-electron chi connectivity index (χ3n) is 4.20. The van der Waals surface area contributed by atoms with Crippen molar-refractivity contribution in [1.82, 2.24) is 5.32 Å². The predicted octanol–water partition coefficient (Wildman–Crippen LogP) is 2.56. The van der Waals surface area contributed by atoms with Crippen LogP contribution in [-0.2, 0) is 29.1 Å². The molecule has 2 aromatic carbocycles. The van der Waals surface area contributed by atoms with E-state index in [1.54, 1.807) is 37.3 Å². The zero-order chi connectivity index (χ0) is 23.7. The molecule has 0 unspecified atom stereocenters. The first-order valence-corrected chi connectivity index (χ1v) is 11.5. The molecule has 0 heterocycles. The number of benzene rings is 2. The van der Waals surface area contributed by atoms with Crippen LogP contribution >= 0.6 is 11.6 Å². The maximum atomic E-state index is 13.1. The van der Waals surface area contributed by atoms with Crippen molar-refractivity contribution in [3.63, 3.8) is 0 Å². The second kappa shape index (κ2) is 11.5. The molecule has 0 spiro atoms. The zero-order valence-electron chi connectivity index (χ0n) is 17.6. The van der Waals surface area contributed by atoms with Crippen LogP contribution in [0.25, 0.3) is 0 Å². The number of anilines is 2. The predicted molar refractivity (Wildman–Crippen MR) is 121 cm³/mol. The lowest BCUT2D eigenvalue weighted by atomic mass is 10.3. The van der Waals surface area contributed by atoms with Gasteiger partial charge in [0.2, 0.25) is 5.91 Å². The number of carbonyl (C=O) groups is 3. The minimum absolute atomic E-state index is 0.0600. The molecule has 2 aromatic rings. The summed E-state index contributed by atoms with van der Waals surface area (Å²) >= 11 is 6.11. The van der Waals surface area contributed by atoms with Gasteiger partial charge in [-0.2, -0.15) is 0 Å². The Hall–Kier alpha value is -3.11. The van der Waals surface area contributed by atoms with Crippen LogP contribution in [0.1, 0.15) is 20.3 Å². The fourth-order valence-electron chi connectivity index (χ4n) is 2.72. The number of sulfonamides is 1. The molecular weight excluding hydrogens is 458 g/mol. The normalized spacial score (nSPS) is 10.8. The van der Waals surface area contributed by atoms with Crippen molar-refractivity contribution in [3.8, 4) is 0 Å². The molecule has 0 aromatic heterocycles. The van der Waals surface area contributed by atoms with E-state index in [2.05, 4.69) is 10.6 Å². The van der Waals surface area contributed by atoms with Gasteiger partial charge >= 0.3 is 5.97 Å². The average molecular weight is 482 g/mol. The van der Waals surface area contributed by atoms with Gasteiger partial charge in [-0.05, 0) is 37.3 Å². The van der Waals surface area contributed by atoms with Crippen molar-refractivity contribution in [2.45, 2.75) is 25.2 Å². The van der Waals surface area contributed by atoms with Crippen molar-refractivity contribution in [1.29, 1.82) is 0 Å². The highest BCUT2D eigenvalue weighted by molar-refractivity contribution is 7.92. The molecule has 0 atom stereocenters. The van der Waals surface area contributed by atoms with Gasteiger partial charge in [-0.1, -0.05) is 29.8 Å². The Bertz CT molecular complexity index is 1080. The van der Waals surface area contributed by atoms with E-state index in [9.17, 15) is 22.8 Å². The monoisotopic (exact) mass is 481 g/mol. The number of hydrogen-bond acceptors (Lipinski definition) is 6. The summed E-state index contributed by atoms with van der Waals surface area (Å²) in [7, 11) is -3.92. The Balaban J connectivity index is 2.09. The molecule has 0 saturated heterocycles. The third kappa shape index (κ3) is 6.96. The number of halogens is 1. The van der Waals surface area contributed by atoms with Crippen molar-refractivity contribution >= 4 is 50.8 Å². The van der Waals surface area contributed by atoms with Crippen LogP contribution in [0.2, 0.25) is 5.02 Å². The van der Waals surface area contributed by atoms with Gasteiger partial charge in [-0.25, -0.2) is 8.42 Å². The molecule has 2 amide bonds. The SMILES string of the molecule is CCN(c1ccccc1)S(=O)(=O)c1ccc(Cl)c(NC(=O)COC(=O)CCNC(C)=O)c1. The fraction of sp³-hybridized carbons (Fsp3) is 0.286. The van der Waals surface area contributed by atoms with Crippen molar-refractivity contribution in [2.24, 2.45) is 0 Å². The highest BCUT2D eigenvalue weighted by Crippen LogP contribution is 2.29. The Morgan fingerprint density at radius 3 is 2.41 bits per heavy atom. The summed E-state index contributed by atoms with van der Waals surface area (Å²) in [5, 5.41) is 5.01. The number of esters is 1. The molecule has 0 fully saturated rings. The van der Waals surface area contributed by atoms with Crippen molar-refractivity contribution < 1.29 is 27.5 Å². The van der Waals surface area contributed by atoms with Gasteiger partial charge in [0.05, 0.1) is 27.7 Å². The maximum Gasteiger partial charge on any atom is 0.308 e. The van der Waals surface area contributed by atoms with Gasteiger partial charge in [0.25, 0.3) is 15.9 Å². The molecule has 2 N–H and O–H groups in total. The van der Waals surface area contributed by atoms with Crippen LogP contribution in [0.5, 0.6) is 0 Å². The molecule has 2 rings (SSSR count). The number of rotatable bonds is 10. The van der Waals surface area contributed by atoms with E-state index in [0.717, 1.165) is 0 Å². The number of nitrogens with zero attached hydrogens (tertiary/aromatic N) is 1. The quantitative estimate of drug-likeness (QED) is 0.503. The van der Waals surface area contributed by atoms with E-state index >= 15 is 0 Å². The second-order valence-corrected chi connectivity index (χ2v) is 8.86. The average Bonchev–Trinajstić information content (AvgIpc) is 2.74. The van der Waals surface area contributed by atoms with E-state index in [1.165, 1.54) is 29.4 Å². The number of nitrogens with one attached hydrogen (secondary N) is 2. The van der Waals surface area contributed by atoms with Gasteiger partial charge in [-0.15, -0.1) is 0 Å². The van der Waals surface area contributed by atoms with Crippen LogP contribution in [-0.4, -0.2) is 45.9 Å². The summed E-state index contributed by atoms with van der Waals surface area (Å²) in [5.41, 5.74) is 0.567. The molecule has 0 bridgehead atoms. The van der Waals surface area contributed by atoms with Crippen LogP contribution < -0.4 is 14.9 Å². The van der Waals surface area contributed by atoms with Crippen LogP contribution in [0, 0.1) is 0 Å². The van der Waals surface area contributed by atoms with Crippen LogP contribution in [0.3, 0.4) is 0 Å². The lowest BCUT2D eigenvalue weighted by molar-refractivity contribution is -0.147. The van der Waals surface area contributed by atoms with Crippen LogP contribution in [0.4, 0.5) is 11.4 Å². The molecule has 172 valence electrons. The smallest absolute Gasteiger partial charge is 0.308 e. The van der Waals surface area contributed by atoms with Gasteiger partial charge in [0.15, 0.2) is 6.61 Å². The largest absolute Gasteiger partial charge is 0.456 e. The number of hydrogen-bond donors (Lipinski definition) is 2. The van der Waals surface area contributed by atoms with Gasteiger partial charge < -0.3 is 15.4 Å². The summed E-state index contributed by atoms with van der Waals surface area (Å²) in [5.74, 6) is -1.64. The molecule has 32 heavy (non-hydrogen) atoms. The van der Waals surface area contributed by atoms with Gasteiger partial charge in [0.1, 0.15) is 0 Å². The van der Waals surface area contributed by atoms with E-state index in [0.29, 0.717) is 5.69 Å². The number of ether oxygens (including phenoxy) is 1. The summed E-state index contributed by atoms with van der Waals surface area (Å²) in [4.78, 5) is 34.5. The summed E-state index contributed by atoms with van der Waals surface area (Å²) < 4.78 is 32.4. The molecular formula is C21H24ClN3O6S. The van der Waals surface area contributed by atoms with Crippen molar-refractivity contribution in [2.75, 3.05) is 29.3 Å².